The number of aromatic hydroxyl groups is 1. The van der Waals surface area contributed by atoms with Crippen molar-refractivity contribution < 1.29 is 39.9 Å². The third kappa shape index (κ3) is 5.06. The number of fused-ring (bicyclic) bond motifs is 3. The number of Topliss-reactive ketones (excluding diaryl/α,β-unsaturated/α-hetero) is 2. The minimum atomic E-state index is -2.89. The number of hydrogen-bond acceptors (Lipinski definition) is 10. The van der Waals surface area contributed by atoms with Gasteiger partial charge in [-0.2, -0.15) is 0 Å². The Morgan fingerprint density at radius 2 is 1.85 bits per heavy atom. The van der Waals surface area contributed by atoms with Gasteiger partial charge in [0.15, 0.2) is 11.4 Å². The van der Waals surface area contributed by atoms with Crippen LogP contribution < -0.4 is 11.1 Å². The molecule has 6 rings (SSSR count). The number of imidazole rings is 1. The molecule has 1 aromatic heterocycles. The molecule has 48 heavy (non-hydrogen) atoms. The van der Waals surface area contributed by atoms with Crippen molar-refractivity contribution in [1.82, 2.24) is 9.55 Å². The van der Waals surface area contributed by atoms with Gasteiger partial charge in [0.05, 0.1) is 29.7 Å². The van der Waals surface area contributed by atoms with E-state index in [0.717, 1.165) is 24.9 Å². The smallest absolute Gasteiger partial charge is 0.255 e. The third-order valence-electron chi connectivity index (χ3n) is 10.5. The molecule has 12 heteroatoms. The second-order valence-corrected chi connectivity index (χ2v) is 13.8. The lowest BCUT2D eigenvalue weighted by Crippen LogP contribution is -2.63. The number of nitrogens with one attached hydrogen (secondary N) is 1. The van der Waals surface area contributed by atoms with E-state index in [1.807, 2.05) is 41.1 Å². The number of anilines is 1. The van der Waals surface area contributed by atoms with E-state index < -0.39 is 76.0 Å². The first-order chi connectivity index (χ1) is 22.7. The Morgan fingerprint density at radius 3 is 2.50 bits per heavy atom. The molecule has 0 spiro atoms. The molecule has 0 aliphatic heterocycles. The van der Waals surface area contributed by atoms with Crippen LogP contribution in [0.4, 0.5) is 5.69 Å². The molecule has 1 fully saturated rings. The number of aliphatic hydroxyl groups is 4. The number of ketones is 2. The number of aromatic nitrogens is 2. The molecule has 12 nitrogen and oxygen atoms in total. The van der Waals surface area contributed by atoms with Gasteiger partial charge in [0.25, 0.3) is 5.91 Å². The normalized spacial score (nSPS) is 26.1. The van der Waals surface area contributed by atoms with Crippen molar-refractivity contribution in [2.75, 3.05) is 5.32 Å². The number of benzene rings is 2. The van der Waals surface area contributed by atoms with Crippen molar-refractivity contribution >= 4 is 28.9 Å². The number of phenols is 1. The zero-order valence-corrected chi connectivity index (χ0v) is 26.9. The zero-order chi connectivity index (χ0) is 34.7. The van der Waals surface area contributed by atoms with E-state index in [4.69, 9.17) is 5.73 Å². The van der Waals surface area contributed by atoms with E-state index in [1.165, 1.54) is 0 Å². The van der Waals surface area contributed by atoms with Crippen molar-refractivity contribution in [2.24, 2.45) is 23.0 Å². The van der Waals surface area contributed by atoms with Crippen molar-refractivity contribution in [3.8, 4) is 5.75 Å². The van der Waals surface area contributed by atoms with Crippen LogP contribution in [-0.2, 0) is 20.9 Å². The van der Waals surface area contributed by atoms with Gasteiger partial charge in [-0.15, -0.1) is 0 Å². The highest BCUT2D eigenvalue weighted by Crippen LogP contribution is 2.56. The molecule has 3 aromatic rings. The van der Waals surface area contributed by atoms with Crippen LogP contribution in [0.1, 0.15) is 68.7 Å². The molecule has 1 amide bonds. The molecule has 1 saturated carbocycles. The summed E-state index contributed by atoms with van der Waals surface area (Å²) in [6.07, 6.45) is 4.87. The van der Waals surface area contributed by atoms with Gasteiger partial charge in [0, 0.05) is 42.8 Å². The summed E-state index contributed by atoms with van der Waals surface area (Å²) in [4.78, 5) is 42.8. The molecule has 1 heterocycles. The number of aryl methyl sites for hydroxylation is 1. The summed E-state index contributed by atoms with van der Waals surface area (Å²) in [6, 6.07) is 12.8. The van der Waals surface area contributed by atoms with Crippen LogP contribution in [0.5, 0.6) is 5.75 Å². The summed E-state index contributed by atoms with van der Waals surface area (Å²) in [5.74, 6) is -8.94. The maximum absolute atomic E-state index is 14.0. The highest BCUT2D eigenvalue weighted by molar-refractivity contribution is 6.23. The summed E-state index contributed by atoms with van der Waals surface area (Å²) < 4.78 is 2.01. The van der Waals surface area contributed by atoms with Crippen LogP contribution in [0.25, 0.3) is 5.76 Å². The number of hydrogen-bond donors (Lipinski definition) is 7. The van der Waals surface area contributed by atoms with Crippen molar-refractivity contribution in [3.05, 3.63) is 94.8 Å². The van der Waals surface area contributed by atoms with Crippen LogP contribution >= 0.6 is 0 Å². The number of carbonyl (C=O) groups is 3. The molecule has 3 aliphatic carbocycles. The fraction of sp³-hybridized carbons (Fsp3) is 0.389. The number of nitrogens with two attached hydrogens (primary N) is 1. The first-order valence-corrected chi connectivity index (χ1v) is 16.0. The lowest BCUT2D eigenvalue weighted by Gasteiger charge is -2.50. The van der Waals surface area contributed by atoms with Crippen LogP contribution in [0.15, 0.2) is 78.1 Å². The van der Waals surface area contributed by atoms with E-state index >= 15 is 0 Å². The summed E-state index contributed by atoms with van der Waals surface area (Å²) in [5, 5.41) is 60.9. The first kappa shape index (κ1) is 33.0. The predicted octanol–water partition coefficient (Wildman–Crippen LogP) is 3.81. The number of primary amides is 1. The molecule has 0 radical (unpaired) electrons. The van der Waals surface area contributed by atoms with E-state index in [1.54, 1.807) is 31.6 Å². The maximum atomic E-state index is 14.0. The first-order valence-electron chi connectivity index (χ1n) is 16.0. The number of phenolic OH excluding ortho intramolecular Hbond substituents is 1. The summed E-state index contributed by atoms with van der Waals surface area (Å²) in [7, 11) is 0. The fourth-order valence-corrected chi connectivity index (χ4v) is 7.93. The number of amides is 1. The number of nitrogens with zero attached hydrogens (tertiary/aromatic N) is 2. The van der Waals surface area contributed by atoms with Crippen LogP contribution in [0.3, 0.4) is 0 Å². The average Bonchev–Trinajstić information content (AvgIpc) is 3.56. The summed E-state index contributed by atoms with van der Waals surface area (Å²) in [5.41, 5.74) is 2.34. The van der Waals surface area contributed by atoms with Gasteiger partial charge >= 0.3 is 0 Å². The van der Waals surface area contributed by atoms with E-state index in [0.29, 0.717) is 5.56 Å². The quantitative estimate of drug-likeness (QED) is 0.131. The van der Waals surface area contributed by atoms with Gasteiger partial charge in [-0.3, -0.25) is 14.4 Å². The highest BCUT2D eigenvalue weighted by atomic mass is 16.4. The number of aliphatic hydroxyl groups excluding tert-OH is 3. The Balaban J connectivity index is 1.41. The molecule has 3 aliphatic rings. The number of carbonyl (C=O) groups excluding carboxylic acids is 3. The van der Waals surface area contributed by atoms with Gasteiger partial charge in [-0.25, -0.2) is 4.98 Å². The zero-order valence-electron chi connectivity index (χ0n) is 26.9. The lowest BCUT2D eigenvalue weighted by molar-refractivity contribution is -0.160. The monoisotopic (exact) mass is 656 g/mol. The lowest BCUT2D eigenvalue weighted by atomic mass is 9.55. The standard InChI is InChI=1S/C36H40N4O8/c1-18-20-10-11-22(39-31(19-8-5-4-6-9-19)35(2,3)12-7-14-40-15-13-38-17-40)29(43)25(20)30(44)27-24(18)28(42)21-16-23(41)26(34(37)47)32(45)36(21,48)33(27)46/h4-6,8-11,13,15,17-18,21,24,28,31,39,42-45,48H,7,12,14,16H2,1-3H3,(H2,37,47)/t18-,21+,24+,28+,31?,36+/m0/s1. The van der Waals surface area contributed by atoms with Gasteiger partial charge in [-0.05, 0) is 41.4 Å². The van der Waals surface area contributed by atoms with E-state index in [2.05, 4.69) is 24.1 Å². The molecule has 8 N–H and O–H groups in total. The maximum Gasteiger partial charge on any atom is 0.255 e. The minimum Gasteiger partial charge on any atom is -0.508 e. The third-order valence-corrected chi connectivity index (χ3v) is 10.5. The Morgan fingerprint density at radius 1 is 1.15 bits per heavy atom. The van der Waals surface area contributed by atoms with Crippen LogP contribution in [0.2, 0.25) is 0 Å². The molecule has 6 atom stereocenters. The van der Waals surface area contributed by atoms with Gasteiger partial charge in [-0.1, -0.05) is 57.2 Å². The average molecular weight is 657 g/mol. The van der Waals surface area contributed by atoms with Crippen LogP contribution in [0, 0.1) is 17.3 Å². The minimum absolute atomic E-state index is 0.0587. The molecule has 0 bridgehead atoms. The van der Waals surface area contributed by atoms with Crippen LogP contribution in [-0.4, -0.2) is 64.3 Å². The Hall–Kier alpha value is -4.94. The summed E-state index contributed by atoms with van der Waals surface area (Å²) in [6.45, 7) is 6.74. The largest absolute Gasteiger partial charge is 0.508 e. The molecule has 252 valence electrons. The predicted molar refractivity (Wildman–Crippen MR) is 176 cm³/mol. The second kappa shape index (κ2) is 11.9. The fourth-order valence-electron chi connectivity index (χ4n) is 7.93. The second-order valence-electron chi connectivity index (χ2n) is 13.8. The van der Waals surface area contributed by atoms with Gasteiger partial charge in [0.1, 0.15) is 22.8 Å². The molecular formula is C36H40N4O8. The molecule has 0 saturated heterocycles. The van der Waals surface area contributed by atoms with Crippen molar-refractivity contribution in [3.63, 3.8) is 0 Å². The highest BCUT2D eigenvalue weighted by Gasteiger charge is 2.65. The van der Waals surface area contributed by atoms with Gasteiger partial charge in [0.2, 0.25) is 5.78 Å². The molecule has 1 unspecified atom stereocenters. The Labute approximate surface area is 277 Å². The van der Waals surface area contributed by atoms with E-state index in [9.17, 15) is 39.9 Å². The number of rotatable bonds is 9. The summed E-state index contributed by atoms with van der Waals surface area (Å²) >= 11 is 0. The van der Waals surface area contributed by atoms with Crippen molar-refractivity contribution in [1.29, 1.82) is 0 Å². The Bertz CT molecular complexity index is 1850. The van der Waals surface area contributed by atoms with Crippen molar-refractivity contribution in [2.45, 2.75) is 70.2 Å². The molecular weight excluding hydrogens is 616 g/mol. The SMILES string of the molecule is C[C@H]1c2ccc(NC(c3ccccc3)C(C)(C)CCCn3ccnc3)c(O)c2C(O)=C2C(=O)[C@]3(O)C(O)=C(C(N)=O)C(=O)C[C@@H]3[C@@H](O)[C@@H]21. The van der Waals surface area contributed by atoms with Gasteiger partial charge < -0.3 is 41.2 Å². The topological polar surface area (TPSA) is 208 Å². The Kier molecular flexibility index (Phi) is 8.20. The molecule has 2 aromatic carbocycles. The van der Waals surface area contributed by atoms with E-state index in [-0.39, 0.29) is 28.5 Å².